The van der Waals surface area contributed by atoms with Gasteiger partial charge in [0.25, 0.3) is 0 Å². The summed E-state index contributed by atoms with van der Waals surface area (Å²) in [6.07, 6.45) is 1.43. The minimum atomic E-state index is -3.16. The zero-order valence-corrected chi connectivity index (χ0v) is 14.3. The molecule has 1 aromatic rings. The van der Waals surface area contributed by atoms with Crippen molar-refractivity contribution in [1.29, 1.82) is 0 Å². The van der Waals surface area contributed by atoms with Crippen molar-refractivity contribution in [3.8, 4) is 0 Å². The van der Waals surface area contributed by atoms with E-state index in [2.05, 4.69) is 15.0 Å². The summed E-state index contributed by atoms with van der Waals surface area (Å²) in [7, 11) is 1.62. The molecule has 1 aromatic heterocycles. The molecule has 0 N–H and O–H groups in total. The van der Waals surface area contributed by atoms with E-state index in [-0.39, 0.29) is 17.9 Å². The van der Waals surface area contributed by atoms with Crippen molar-refractivity contribution in [2.45, 2.75) is 31.9 Å². The third-order valence-electron chi connectivity index (χ3n) is 3.93. The molecule has 2 rings (SSSR count). The molecule has 2 heterocycles. The van der Waals surface area contributed by atoms with Gasteiger partial charge in [0.2, 0.25) is 15.9 Å². The molecule has 0 spiro atoms. The molecule has 0 amide bonds. The second-order valence-electron chi connectivity index (χ2n) is 5.74. The van der Waals surface area contributed by atoms with Gasteiger partial charge in [-0.1, -0.05) is 5.16 Å². The number of methoxy groups -OCH3 is 1. The van der Waals surface area contributed by atoms with Crippen LogP contribution in [-0.2, 0) is 14.8 Å². The van der Waals surface area contributed by atoms with Gasteiger partial charge in [0.1, 0.15) is 0 Å². The van der Waals surface area contributed by atoms with Gasteiger partial charge >= 0.3 is 0 Å². The number of ether oxygens (including phenoxy) is 1. The van der Waals surface area contributed by atoms with Crippen molar-refractivity contribution in [3.63, 3.8) is 0 Å². The van der Waals surface area contributed by atoms with Gasteiger partial charge < -0.3 is 9.26 Å². The summed E-state index contributed by atoms with van der Waals surface area (Å²) in [5, 5.41) is 3.83. The lowest BCUT2D eigenvalue weighted by Gasteiger charge is -2.21. The number of rotatable bonds is 7. The first-order chi connectivity index (χ1) is 10.3. The molecule has 0 radical (unpaired) electrons. The van der Waals surface area contributed by atoms with Gasteiger partial charge in [-0.3, -0.25) is 4.90 Å². The van der Waals surface area contributed by atoms with E-state index in [0.717, 1.165) is 13.0 Å². The maximum atomic E-state index is 11.8. The summed E-state index contributed by atoms with van der Waals surface area (Å²) in [6.45, 7) is 3.17. The summed E-state index contributed by atoms with van der Waals surface area (Å²) in [6, 6.07) is -0.00629. The number of hydrogen-bond donors (Lipinski definition) is 0. The molecule has 0 aliphatic carbocycles. The number of aromatic nitrogens is 2. The molecule has 126 valence electrons. The number of nitrogens with zero attached hydrogens (tertiary/aromatic N) is 4. The van der Waals surface area contributed by atoms with Crippen molar-refractivity contribution in [2.75, 3.05) is 40.0 Å². The first-order valence-electron chi connectivity index (χ1n) is 7.30. The van der Waals surface area contributed by atoms with E-state index < -0.39 is 10.0 Å². The highest BCUT2D eigenvalue weighted by molar-refractivity contribution is 7.89. The lowest BCUT2D eigenvalue weighted by molar-refractivity contribution is 0.108. The molecule has 0 aromatic carbocycles. The van der Waals surface area contributed by atoms with Gasteiger partial charge in [0.15, 0.2) is 5.82 Å². The Hall–Kier alpha value is -1.03. The van der Waals surface area contributed by atoms with Gasteiger partial charge in [-0.05, 0) is 19.8 Å². The average Bonchev–Trinajstić information content (AvgIpc) is 3.04. The van der Waals surface area contributed by atoms with E-state index >= 15 is 0 Å². The molecule has 22 heavy (non-hydrogen) atoms. The Morgan fingerprint density at radius 1 is 1.45 bits per heavy atom. The van der Waals surface area contributed by atoms with Crippen molar-refractivity contribution in [1.82, 2.24) is 19.3 Å². The lowest BCUT2D eigenvalue weighted by Crippen LogP contribution is -2.30. The zero-order valence-electron chi connectivity index (χ0n) is 13.5. The van der Waals surface area contributed by atoms with E-state index in [1.54, 1.807) is 28.1 Å². The van der Waals surface area contributed by atoms with Gasteiger partial charge in [0, 0.05) is 34.3 Å². The van der Waals surface area contributed by atoms with Crippen LogP contribution in [0.4, 0.5) is 0 Å². The molecule has 8 nitrogen and oxygen atoms in total. The quantitative estimate of drug-likeness (QED) is 0.715. The smallest absolute Gasteiger partial charge is 0.244 e. The summed E-state index contributed by atoms with van der Waals surface area (Å²) < 4.78 is 35.6. The molecule has 0 bridgehead atoms. The van der Waals surface area contributed by atoms with Crippen LogP contribution in [0.3, 0.4) is 0 Å². The SMILES string of the molecule is CO[C@@H]1C[C@H](c2nc(C)no2)N(CCCS(=O)(=O)N(C)C)C1. The monoisotopic (exact) mass is 332 g/mol. The minimum Gasteiger partial charge on any atom is -0.380 e. The molecule has 0 unspecified atom stereocenters. The van der Waals surface area contributed by atoms with Crippen molar-refractivity contribution in [2.24, 2.45) is 0 Å². The molecular formula is C13H24N4O4S. The van der Waals surface area contributed by atoms with E-state index in [1.165, 1.54) is 4.31 Å². The topological polar surface area (TPSA) is 88.8 Å². The molecule has 9 heteroatoms. The third kappa shape index (κ3) is 4.03. The van der Waals surface area contributed by atoms with Crippen LogP contribution >= 0.6 is 0 Å². The highest BCUT2D eigenvalue weighted by Crippen LogP contribution is 2.32. The molecular weight excluding hydrogens is 308 g/mol. The van der Waals surface area contributed by atoms with Crippen LogP contribution in [0.2, 0.25) is 0 Å². The fourth-order valence-corrected chi connectivity index (χ4v) is 3.48. The van der Waals surface area contributed by atoms with Crippen LogP contribution in [0.15, 0.2) is 4.52 Å². The van der Waals surface area contributed by atoms with Crippen molar-refractivity contribution >= 4 is 10.0 Å². The largest absolute Gasteiger partial charge is 0.380 e. The normalized spacial score (nSPS) is 23.5. The molecule has 1 aliphatic rings. The third-order valence-corrected chi connectivity index (χ3v) is 5.85. The predicted molar refractivity (Wildman–Crippen MR) is 80.9 cm³/mol. The van der Waals surface area contributed by atoms with Crippen LogP contribution in [0, 0.1) is 6.92 Å². The second kappa shape index (κ2) is 7.03. The average molecular weight is 332 g/mol. The Morgan fingerprint density at radius 2 is 2.18 bits per heavy atom. The molecule has 2 atom stereocenters. The number of aryl methyl sites for hydroxylation is 1. The number of sulfonamides is 1. The van der Waals surface area contributed by atoms with Crippen LogP contribution in [0.5, 0.6) is 0 Å². The summed E-state index contributed by atoms with van der Waals surface area (Å²) in [5.41, 5.74) is 0. The fraction of sp³-hybridized carbons (Fsp3) is 0.846. The Labute approximate surface area is 131 Å². The summed E-state index contributed by atoms with van der Waals surface area (Å²) >= 11 is 0. The first kappa shape index (κ1) is 17.3. The van der Waals surface area contributed by atoms with Gasteiger partial charge in [-0.2, -0.15) is 4.98 Å². The van der Waals surface area contributed by atoms with E-state index in [4.69, 9.17) is 9.26 Å². The van der Waals surface area contributed by atoms with Gasteiger partial charge in [-0.25, -0.2) is 12.7 Å². The van der Waals surface area contributed by atoms with Crippen LogP contribution in [0.1, 0.15) is 30.6 Å². The lowest BCUT2D eigenvalue weighted by atomic mass is 10.2. The van der Waals surface area contributed by atoms with Crippen LogP contribution in [0.25, 0.3) is 0 Å². The summed E-state index contributed by atoms with van der Waals surface area (Å²) in [5.74, 6) is 1.31. The van der Waals surface area contributed by atoms with E-state index in [0.29, 0.717) is 24.7 Å². The fourth-order valence-electron chi connectivity index (χ4n) is 2.62. The van der Waals surface area contributed by atoms with Crippen molar-refractivity contribution < 1.29 is 17.7 Å². The maximum Gasteiger partial charge on any atom is 0.244 e. The maximum absolute atomic E-state index is 11.8. The number of hydrogen-bond acceptors (Lipinski definition) is 7. The Kier molecular flexibility index (Phi) is 5.54. The van der Waals surface area contributed by atoms with Crippen LogP contribution < -0.4 is 0 Å². The van der Waals surface area contributed by atoms with Gasteiger partial charge in [-0.15, -0.1) is 0 Å². The van der Waals surface area contributed by atoms with Gasteiger partial charge in [0.05, 0.1) is 17.9 Å². The van der Waals surface area contributed by atoms with Crippen molar-refractivity contribution in [3.05, 3.63) is 11.7 Å². The predicted octanol–water partition coefficient (Wildman–Crippen LogP) is 0.421. The zero-order chi connectivity index (χ0) is 16.3. The highest BCUT2D eigenvalue weighted by atomic mass is 32.2. The Bertz CT molecular complexity index is 587. The molecule has 1 aliphatic heterocycles. The Morgan fingerprint density at radius 3 is 2.73 bits per heavy atom. The number of likely N-dealkylation sites (tertiary alicyclic amines) is 1. The second-order valence-corrected chi connectivity index (χ2v) is 8.04. The first-order valence-corrected chi connectivity index (χ1v) is 8.91. The van der Waals surface area contributed by atoms with E-state index in [1.807, 2.05) is 0 Å². The van der Waals surface area contributed by atoms with E-state index in [9.17, 15) is 8.42 Å². The minimum absolute atomic E-state index is 0.00629. The molecule has 1 fully saturated rings. The Balaban J connectivity index is 1.98. The molecule has 0 saturated carbocycles. The summed E-state index contributed by atoms with van der Waals surface area (Å²) in [4.78, 5) is 6.45. The van der Waals surface area contributed by atoms with Crippen LogP contribution in [-0.4, -0.2) is 73.9 Å². The molecule has 1 saturated heterocycles. The highest BCUT2D eigenvalue weighted by Gasteiger charge is 2.36. The standard InChI is InChI=1S/C13H24N4O4S/c1-10-14-13(21-15-10)12-8-11(20-4)9-17(12)6-5-7-22(18,19)16(2)3/h11-12H,5-9H2,1-4H3/t11-,12-/m1/s1.